The van der Waals surface area contributed by atoms with Crippen LogP contribution in [0.5, 0.6) is 0 Å². The van der Waals surface area contributed by atoms with Crippen LogP contribution in [0.25, 0.3) is 11.0 Å². The molecule has 3 amide bonds. The molecule has 270 valence electrons. The van der Waals surface area contributed by atoms with Crippen LogP contribution in [-0.2, 0) is 14.3 Å². The van der Waals surface area contributed by atoms with Crippen molar-refractivity contribution in [1.82, 2.24) is 24.3 Å². The summed E-state index contributed by atoms with van der Waals surface area (Å²) in [6.45, 7) is 15.9. The van der Waals surface area contributed by atoms with Crippen molar-refractivity contribution in [1.29, 1.82) is 0 Å². The number of nitrogens with one attached hydrogen (secondary N) is 1. The number of aromatic nitrogens is 2. The van der Waals surface area contributed by atoms with E-state index in [-0.39, 0.29) is 36.4 Å². The summed E-state index contributed by atoms with van der Waals surface area (Å²) < 4.78 is 24.8. The first-order valence-corrected chi connectivity index (χ1v) is 18.5. The third-order valence-electron chi connectivity index (χ3n) is 11.1. The van der Waals surface area contributed by atoms with Crippen molar-refractivity contribution >= 4 is 34.6 Å². The molecule has 1 aromatic carbocycles. The van der Waals surface area contributed by atoms with E-state index < -0.39 is 29.1 Å². The number of imide groups is 1. The minimum Gasteiger partial charge on any atom is -0.444 e. The zero-order valence-corrected chi connectivity index (χ0v) is 30.0. The lowest BCUT2D eigenvalue weighted by Crippen LogP contribution is -2.44. The van der Waals surface area contributed by atoms with E-state index in [1.54, 1.807) is 12.1 Å². The molecule has 12 heteroatoms. The average molecular weight is 683 g/mol. The first-order chi connectivity index (χ1) is 23.3. The Hall–Kier alpha value is -3.41. The Labute approximate surface area is 289 Å². The summed E-state index contributed by atoms with van der Waals surface area (Å²) >= 11 is 0. The topological polar surface area (TPSA) is 109 Å². The van der Waals surface area contributed by atoms with Gasteiger partial charge in [0.2, 0.25) is 11.8 Å². The van der Waals surface area contributed by atoms with Gasteiger partial charge in [0.05, 0.1) is 11.2 Å². The normalized spacial score (nSPS) is 22.7. The molecule has 2 aromatic rings. The van der Waals surface area contributed by atoms with Crippen LogP contribution in [0.2, 0.25) is 0 Å². The zero-order valence-electron chi connectivity index (χ0n) is 30.0. The van der Waals surface area contributed by atoms with Crippen molar-refractivity contribution in [2.24, 2.45) is 17.8 Å². The van der Waals surface area contributed by atoms with Gasteiger partial charge in [0.15, 0.2) is 5.82 Å². The van der Waals surface area contributed by atoms with Crippen LogP contribution in [0, 0.1) is 23.6 Å². The highest BCUT2D eigenvalue weighted by Crippen LogP contribution is 2.35. The van der Waals surface area contributed by atoms with E-state index in [0.717, 1.165) is 77.4 Å². The summed E-state index contributed by atoms with van der Waals surface area (Å²) in [7, 11) is 0. The lowest BCUT2D eigenvalue weighted by molar-refractivity contribution is -0.135. The lowest BCUT2D eigenvalue weighted by Gasteiger charge is -2.39. The largest absolute Gasteiger partial charge is 0.444 e. The number of piperidine rings is 4. The van der Waals surface area contributed by atoms with Crippen LogP contribution in [-0.4, -0.2) is 88.3 Å². The van der Waals surface area contributed by atoms with Crippen LogP contribution in [0.1, 0.15) is 104 Å². The quantitative estimate of drug-likeness (QED) is 0.386. The van der Waals surface area contributed by atoms with Crippen LogP contribution < -0.4 is 15.9 Å². The van der Waals surface area contributed by atoms with Gasteiger partial charge in [-0.1, -0.05) is 0 Å². The first-order valence-electron chi connectivity index (χ1n) is 18.5. The van der Waals surface area contributed by atoms with E-state index in [9.17, 15) is 19.2 Å². The summed E-state index contributed by atoms with van der Waals surface area (Å²) in [5.74, 6) is 0.709. The second-order valence-electron chi connectivity index (χ2n) is 16.2. The molecule has 0 spiro atoms. The van der Waals surface area contributed by atoms with Crippen LogP contribution >= 0.6 is 0 Å². The Bertz CT molecular complexity index is 1590. The summed E-state index contributed by atoms with van der Waals surface area (Å²) in [6, 6.07) is 2.36. The molecule has 49 heavy (non-hydrogen) atoms. The van der Waals surface area contributed by atoms with Gasteiger partial charge >= 0.3 is 11.8 Å². The number of carbonyl (C=O) groups is 3. The second-order valence-corrected chi connectivity index (χ2v) is 16.2. The highest BCUT2D eigenvalue weighted by atomic mass is 19.1. The number of hydrogen-bond acceptors (Lipinski definition) is 7. The van der Waals surface area contributed by atoms with E-state index in [1.165, 1.54) is 28.4 Å². The van der Waals surface area contributed by atoms with Gasteiger partial charge < -0.3 is 19.4 Å². The molecule has 4 fully saturated rings. The molecular formula is C37H55FN6O5. The molecule has 1 atom stereocenters. The lowest BCUT2D eigenvalue weighted by atomic mass is 9.82. The van der Waals surface area contributed by atoms with Crippen molar-refractivity contribution in [2.45, 2.75) is 110 Å². The third-order valence-corrected chi connectivity index (χ3v) is 11.1. The van der Waals surface area contributed by atoms with E-state index in [1.807, 2.05) is 39.5 Å². The SMILES string of the molecule is CC(C)n1c(=O)n(C2CCC(=O)NC2=O)c2ccc(N3CCC(CN4CCC(CC5CCN(C(=O)OC(C)(C)C)CC5)CC4)CC3)c(F)c21. The fraction of sp³-hybridized carbons (Fsp3) is 0.730. The Kier molecular flexibility index (Phi) is 10.4. The van der Waals surface area contributed by atoms with Gasteiger partial charge in [-0.05, 0) is 129 Å². The second kappa shape index (κ2) is 14.4. The first kappa shape index (κ1) is 35.4. The number of ether oxygens (including phenoxy) is 1. The predicted octanol–water partition coefficient (Wildman–Crippen LogP) is 5.47. The maximum absolute atomic E-state index is 16.4. The number of likely N-dealkylation sites (tertiary alicyclic amines) is 2. The average Bonchev–Trinajstić information content (AvgIpc) is 3.35. The number of imidazole rings is 1. The monoisotopic (exact) mass is 682 g/mol. The summed E-state index contributed by atoms with van der Waals surface area (Å²) in [6.07, 6.45) is 7.99. The highest BCUT2D eigenvalue weighted by molar-refractivity contribution is 6.00. The predicted molar refractivity (Wildman–Crippen MR) is 187 cm³/mol. The van der Waals surface area contributed by atoms with Gasteiger partial charge in [0, 0.05) is 45.2 Å². The number of nitrogens with zero attached hydrogens (tertiary/aromatic N) is 5. The fourth-order valence-electron chi connectivity index (χ4n) is 8.51. The van der Waals surface area contributed by atoms with Gasteiger partial charge in [-0.15, -0.1) is 0 Å². The number of fused-ring (bicyclic) bond motifs is 1. The highest BCUT2D eigenvalue weighted by Gasteiger charge is 2.35. The van der Waals surface area contributed by atoms with Crippen molar-refractivity contribution in [3.8, 4) is 0 Å². The van der Waals surface area contributed by atoms with E-state index in [0.29, 0.717) is 23.0 Å². The number of halogens is 1. The van der Waals surface area contributed by atoms with Crippen molar-refractivity contribution in [3.05, 3.63) is 28.4 Å². The van der Waals surface area contributed by atoms with Gasteiger partial charge in [-0.2, -0.15) is 0 Å². The number of anilines is 1. The van der Waals surface area contributed by atoms with Crippen LogP contribution in [0.15, 0.2) is 16.9 Å². The summed E-state index contributed by atoms with van der Waals surface area (Å²) in [4.78, 5) is 57.0. The number of carbonyl (C=O) groups excluding carboxylic acids is 3. The summed E-state index contributed by atoms with van der Waals surface area (Å²) in [5, 5.41) is 2.33. The molecular weight excluding hydrogens is 627 g/mol. The Morgan fingerprint density at radius 2 is 1.51 bits per heavy atom. The number of hydrogen-bond donors (Lipinski definition) is 1. The van der Waals surface area contributed by atoms with Gasteiger partial charge in [0.1, 0.15) is 17.2 Å². The maximum atomic E-state index is 16.4. The van der Waals surface area contributed by atoms with E-state index >= 15 is 4.39 Å². The standard InChI is InChI=1S/C37H55FN6O5/c1-24(2)43-33-29(44(35(43)47)30-8-9-31(45)39-34(30)46)7-6-28(32(33)38)41-18-14-27(15-19-41)23-40-16-10-25(11-17-40)22-26-12-20-42(21-13-26)36(48)49-37(3,4)5/h6-7,24-27,30H,8-23H2,1-5H3,(H,39,45,46). The molecule has 11 nitrogen and oxygen atoms in total. The molecule has 4 aliphatic heterocycles. The molecule has 0 aliphatic carbocycles. The fourth-order valence-corrected chi connectivity index (χ4v) is 8.51. The Balaban J connectivity index is 1.00. The molecule has 0 radical (unpaired) electrons. The van der Waals surface area contributed by atoms with Crippen molar-refractivity contribution in [3.63, 3.8) is 0 Å². The molecule has 6 rings (SSSR count). The molecule has 0 bridgehead atoms. The molecule has 1 N–H and O–H groups in total. The molecule has 4 aliphatic rings. The van der Waals surface area contributed by atoms with Crippen LogP contribution in [0.3, 0.4) is 0 Å². The number of benzene rings is 1. The molecule has 1 aromatic heterocycles. The van der Waals surface area contributed by atoms with Gasteiger partial charge in [-0.3, -0.25) is 24.0 Å². The Morgan fingerprint density at radius 1 is 0.898 bits per heavy atom. The van der Waals surface area contributed by atoms with Gasteiger partial charge in [-0.25, -0.2) is 14.0 Å². The van der Waals surface area contributed by atoms with E-state index in [4.69, 9.17) is 4.74 Å². The Morgan fingerprint density at radius 3 is 2.10 bits per heavy atom. The van der Waals surface area contributed by atoms with Gasteiger partial charge in [0.25, 0.3) is 0 Å². The van der Waals surface area contributed by atoms with Crippen LogP contribution in [0.4, 0.5) is 14.9 Å². The molecule has 1 unspecified atom stereocenters. The number of amides is 3. The van der Waals surface area contributed by atoms with Crippen molar-refractivity contribution < 1.29 is 23.5 Å². The minimum atomic E-state index is -0.845. The molecule has 4 saturated heterocycles. The molecule has 5 heterocycles. The molecule has 0 saturated carbocycles. The summed E-state index contributed by atoms with van der Waals surface area (Å²) in [5.41, 5.74) is 0.225. The smallest absolute Gasteiger partial charge is 0.410 e. The third kappa shape index (κ3) is 7.84. The van der Waals surface area contributed by atoms with E-state index in [2.05, 4.69) is 15.1 Å². The zero-order chi connectivity index (χ0) is 35.0. The van der Waals surface area contributed by atoms with Crippen molar-refractivity contribution in [2.75, 3.05) is 50.7 Å². The minimum absolute atomic E-state index is 0.142. The maximum Gasteiger partial charge on any atom is 0.410 e. The number of rotatable bonds is 7.